The number of aryl methyl sites for hydroxylation is 1. The number of primary amides is 1. The molecule has 0 aliphatic rings. The molecule has 0 bridgehead atoms. The number of carbonyl (C=O) groups excluding carboxylic acids is 1. The van der Waals surface area contributed by atoms with Crippen molar-refractivity contribution in [3.05, 3.63) is 36.1 Å². The van der Waals surface area contributed by atoms with E-state index in [2.05, 4.69) is 0 Å². The van der Waals surface area contributed by atoms with Crippen molar-refractivity contribution >= 4 is 16.9 Å². The summed E-state index contributed by atoms with van der Waals surface area (Å²) in [7, 11) is 0. The van der Waals surface area contributed by atoms with Crippen LogP contribution in [0.2, 0.25) is 0 Å². The minimum atomic E-state index is -0.273. The third kappa shape index (κ3) is 1.62. The Morgan fingerprint density at radius 3 is 3.00 bits per heavy atom. The lowest BCUT2D eigenvalue weighted by atomic mass is 10.1. The van der Waals surface area contributed by atoms with E-state index >= 15 is 0 Å². The highest BCUT2D eigenvalue weighted by Crippen LogP contribution is 2.20. The number of hydrogen-bond acceptors (Lipinski definition) is 2. The fourth-order valence-corrected chi connectivity index (χ4v) is 1.53. The molecular formula is C11H11NO2. The fraction of sp³-hybridized carbons (Fsp3) is 0.182. The number of amides is 1. The summed E-state index contributed by atoms with van der Waals surface area (Å²) >= 11 is 0. The molecule has 0 unspecified atom stereocenters. The van der Waals surface area contributed by atoms with Crippen molar-refractivity contribution in [1.29, 1.82) is 0 Å². The fourth-order valence-electron chi connectivity index (χ4n) is 1.53. The van der Waals surface area contributed by atoms with Crippen molar-refractivity contribution in [1.82, 2.24) is 0 Å². The van der Waals surface area contributed by atoms with E-state index in [4.69, 9.17) is 10.2 Å². The van der Waals surface area contributed by atoms with Gasteiger partial charge in [0.05, 0.1) is 6.26 Å². The molecule has 2 aromatic rings. The van der Waals surface area contributed by atoms with E-state index in [0.29, 0.717) is 12.8 Å². The van der Waals surface area contributed by atoms with Crippen LogP contribution in [0.1, 0.15) is 12.0 Å². The van der Waals surface area contributed by atoms with Crippen molar-refractivity contribution in [2.75, 3.05) is 0 Å². The summed E-state index contributed by atoms with van der Waals surface area (Å²) in [5.74, 6) is -0.273. The second kappa shape index (κ2) is 3.54. The Balaban J connectivity index is 2.32. The average molecular weight is 189 g/mol. The van der Waals surface area contributed by atoms with Crippen LogP contribution in [0.3, 0.4) is 0 Å². The molecular weight excluding hydrogens is 178 g/mol. The van der Waals surface area contributed by atoms with Gasteiger partial charge in [0.2, 0.25) is 5.91 Å². The van der Waals surface area contributed by atoms with E-state index < -0.39 is 0 Å². The molecule has 0 atom stereocenters. The topological polar surface area (TPSA) is 56.2 Å². The van der Waals surface area contributed by atoms with Crippen LogP contribution in [-0.2, 0) is 11.2 Å². The van der Waals surface area contributed by atoms with Crippen LogP contribution in [-0.4, -0.2) is 5.91 Å². The summed E-state index contributed by atoms with van der Waals surface area (Å²) in [6.45, 7) is 0. The average Bonchev–Trinajstić information content (AvgIpc) is 2.62. The van der Waals surface area contributed by atoms with Gasteiger partial charge < -0.3 is 10.2 Å². The van der Waals surface area contributed by atoms with E-state index in [1.165, 1.54) is 0 Å². The standard InChI is InChI=1S/C11H11NO2/c12-11(13)5-4-8-2-1-3-10-9(8)6-7-14-10/h1-3,6-7H,4-5H2,(H2,12,13). The van der Waals surface area contributed by atoms with Gasteiger partial charge in [-0.2, -0.15) is 0 Å². The molecule has 0 fully saturated rings. The molecule has 1 heterocycles. The second-order valence-electron chi connectivity index (χ2n) is 3.22. The van der Waals surface area contributed by atoms with Gasteiger partial charge in [0, 0.05) is 11.8 Å². The molecule has 0 radical (unpaired) electrons. The van der Waals surface area contributed by atoms with E-state index in [1.807, 2.05) is 24.3 Å². The molecule has 1 amide bonds. The number of rotatable bonds is 3. The smallest absolute Gasteiger partial charge is 0.217 e. The predicted octanol–water partition coefficient (Wildman–Crippen LogP) is 1.85. The van der Waals surface area contributed by atoms with Crippen molar-refractivity contribution in [3.8, 4) is 0 Å². The highest BCUT2D eigenvalue weighted by Gasteiger charge is 2.03. The first kappa shape index (κ1) is 8.81. The number of benzene rings is 1. The summed E-state index contributed by atoms with van der Waals surface area (Å²) in [5.41, 5.74) is 7.06. The maximum Gasteiger partial charge on any atom is 0.217 e. The Kier molecular flexibility index (Phi) is 2.23. The Bertz CT molecular complexity index is 459. The van der Waals surface area contributed by atoms with E-state index in [1.54, 1.807) is 6.26 Å². The second-order valence-corrected chi connectivity index (χ2v) is 3.22. The third-order valence-corrected chi connectivity index (χ3v) is 2.23. The van der Waals surface area contributed by atoms with Crippen LogP contribution in [0.4, 0.5) is 0 Å². The third-order valence-electron chi connectivity index (χ3n) is 2.23. The Morgan fingerprint density at radius 1 is 1.36 bits per heavy atom. The van der Waals surface area contributed by atoms with Crippen LogP contribution < -0.4 is 5.73 Å². The molecule has 0 saturated carbocycles. The van der Waals surface area contributed by atoms with Gasteiger partial charge in [0.25, 0.3) is 0 Å². The van der Waals surface area contributed by atoms with Crippen LogP contribution in [0.5, 0.6) is 0 Å². The maximum atomic E-state index is 10.6. The quantitative estimate of drug-likeness (QED) is 0.801. The van der Waals surface area contributed by atoms with E-state index in [-0.39, 0.29) is 5.91 Å². The van der Waals surface area contributed by atoms with Gasteiger partial charge in [0.15, 0.2) is 0 Å². The minimum absolute atomic E-state index is 0.273. The van der Waals surface area contributed by atoms with Gasteiger partial charge in [-0.1, -0.05) is 12.1 Å². The van der Waals surface area contributed by atoms with Crippen molar-refractivity contribution in [2.24, 2.45) is 5.73 Å². The van der Waals surface area contributed by atoms with Gasteiger partial charge in [-0.15, -0.1) is 0 Å². The van der Waals surface area contributed by atoms with Crippen LogP contribution >= 0.6 is 0 Å². The lowest BCUT2D eigenvalue weighted by Crippen LogP contribution is -2.11. The summed E-state index contributed by atoms with van der Waals surface area (Å²) < 4.78 is 5.25. The lowest BCUT2D eigenvalue weighted by molar-refractivity contribution is -0.117. The maximum absolute atomic E-state index is 10.6. The zero-order chi connectivity index (χ0) is 9.97. The van der Waals surface area contributed by atoms with Gasteiger partial charge in [-0.3, -0.25) is 4.79 Å². The highest BCUT2D eigenvalue weighted by atomic mass is 16.3. The molecule has 0 aliphatic carbocycles. The summed E-state index contributed by atoms with van der Waals surface area (Å²) in [6.07, 6.45) is 2.70. The van der Waals surface area contributed by atoms with Crippen LogP contribution in [0.25, 0.3) is 11.0 Å². The van der Waals surface area contributed by atoms with Gasteiger partial charge in [0.1, 0.15) is 5.58 Å². The molecule has 14 heavy (non-hydrogen) atoms. The van der Waals surface area contributed by atoms with Gasteiger partial charge in [-0.25, -0.2) is 0 Å². The first-order valence-electron chi connectivity index (χ1n) is 4.51. The summed E-state index contributed by atoms with van der Waals surface area (Å²) in [5, 5.41) is 1.06. The summed E-state index contributed by atoms with van der Waals surface area (Å²) in [4.78, 5) is 10.6. The molecule has 3 nitrogen and oxygen atoms in total. The molecule has 72 valence electrons. The van der Waals surface area contributed by atoms with Crippen molar-refractivity contribution in [3.63, 3.8) is 0 Å². The zero-order valence-electron chi connectivity index (χ0n) is 7.69. The number of furan rings is 1. The lowest BCUT2D eigenvalue weighted by Gasteiger charge is -1.99. The Morgan fingerprint density at radius 2 is 2.21 bits per heavy atom. The SMILES string of the molecule is NC(=O)CCc1cccc2occc12. The monoisotopic (exact) mass is 189 g/mol. The first-order chi connectivity index (χ1) is 6.77. The van der Waals surface area contributed by atoms with Gasteiger partial charge >= 0.3 is 0 Å². The molecule has 3 heteroatoms. The van der Waals surface area contributed by atoms with Crippen LogP contribution in [0.15, 0.2) is 34.9 Å². The summed E-state index contributed by atoms with van der Waals surface area (Å²) in [6, 6.07) is 7.72. The predicted molar refractivity (Wildman–Crippen MR) is 53.7 cm³/mol. The van der Waals surface area contributed by atoms with Gasteiger partial charge in [-0.05, 0) is 24.1 Å². The molecule has 2 rings (SSSR count). The number of hydrogen-bond donors (Lipinski definition) is 1. The minimum Gasteiger partial charge on any atom is -0.464 e. The Labute approximate surface area is 81.5 Å². The molecule has 0 aliphatic heterocycles. The Hall–Kier alpha value is -1.77. The molecule has 2 N–H and O–H groups in total. The number of nitrogens with two attached hydrogens (primary N) is 1. The normalized spacial score (nSPS) is 10.6. The molecule has 0 saturated heterocycles. The first-order valence-corrected chi connectivity index (χ1v) is 4.51. The van der Waals surface area contributed by atoms with E-state index in [0.717, 1.165) is 16.5 Å². The largest absolute Gasteiger partial charge is 0.464 e. The zero-order valence-corrected chi connectivity index (χ0v) is 7.69. The molecule has 1 aromatic heterocycles. The van der Waals surface area contributed by atoms with Crippen molar-refractivity contribution in [2.45, 2.75) is 12.8 Å². The van der Waals surface area contributed by atoms with E-state index in [9.17, 15) is 4.79 Å². The molecule has 1 aromatic carbocycles. The highest BCUT2D eigenvalue weighted by molar-refractivity contribution is 5.82. The van der Waals surface area contributed by atoms with Crippen LogP contribution in [0, 0.1) is 0 Å². The number of fused-ring (bicyclic) bond motifs is 1. The molecule has 0 spiro atoms. The van der Waals surface area contributed by atoms with Crippen molar-refractivity contribution < 1.29 is 9.21 Å². The number of carbonyl (C=O) groups is 1.